The summed E-state index contributed by atoms with van der Waals surface area (Å²) < 4.78 is 5.77. The van der Waals surface area contributed by atoms with Crippen LogP contribution in [0.3, 0.4) is 0 Å². The van der Waals surface area contributed by atoms with Crippen LogP contribution >= 0.6 is 0 Å². The first-order valence-corrected chi connectivity index (χ1v) is 6.40. The van der Waals surface area contributed by atoms with Crippen LogP contribution in [0.5, 0.6) is 0 Å². The van der Waals surface area contributed by atoms with Crippen LogP contribution in [0.1, 0.15) is 5.76 Å². The molecule has 1 amide bonds. The van der Waals surface area contributed by atoms with Crippen LogP contribution < -0.4 is 0 Å². The Bertz CT molecular complexity index is 552. The SMILES string of the molecule is O=C(O)N1CCN(Cc2cc3ccccc3o2)CC1. The van der Waals surface area contributed by atoms with E-state index in [2.05, 4.69) is 11.0 Å². The molecule has 1 saturated heterocycles. The van der Waals surface area contributed by atoms with Gasteiger partial charge in [0, 0.05) is 31.6 Å². The van der Waals surface area contributed by atoms with Crippen molar-refractivity contribution in [3.05, 3.63) is 36.1 Å². The van der Waals surface area contributed by atoms with Crippen LogP contribution in [0.4, 0.5) is 4.79 Å². The zero-order chi connectivity index (χ0) is 13.2. The highest BCUT2D eigenvalue weighted by Crippen LogP contribution is 2.20. The summed E-state index contributed by atoms with van der Waals surface area (Å²) in [6, 6.07) is 10.00. The number of piperazine rings is 1. The maximum Gasteiger partial charge on any atom is 0.407 e. The molecule has 1 aliphatic heterocycles. The van der Waals surface area contributed by atoms with E-state index >= 15 is 0 Å². The first-order chi connectivity index (χ1) is 9.22. The number of carboxylic acid groups (broad SMARTS) is 1. The van der Waals surface area contributed by atoms with E-state index in [0.29, 0.717) is 13.1 Å². The average molecular weight is 260 g/mol. The van der Waals surface area contributed by atoms with Gasteiger partial charge in [-0.15, -0.1) is 0 Å². The molecule has 5 nitrogen and oxygen atoms in total. The lowest BCUT2D eigenvalue weighted by molar-refractivity contribution is 0.100. The number of furan rings is 1. The third-order valence-corrected chi connectivity index (χ3v) is 3.50. The zero-order valence-corrected chi connectivity index (χ0v) is 10.6. The van der Waals surface area contributed by atoms with Crippen LogP contribution in [0.2, 0.25) is 0 Å². The van der Waals surface area contributed by atoms with Gasteiger partial charge in [-0.1, -0.05) is 18.2 Å². The second-order valence-electron chi connectivity index (χ2n) is 4.80. The third-order valence-electron chi connectivity index (χ3n) is 3.50. The first kappa shape index (κ1) is 12.0. The molecule has 5 heteroatoms. The molecule has 2 heterocycles. The Morgan fingerprint density at radius 2 is 1.95 bits per heavy atom. The number of nitrogens with zero attached hydrogens (tertiary/aromatic N) is 2. The Hall–Kier alpha value is -2.01. The molecule has 1 aromatic heterocycles. The predicted octanol–water partition coefficient (Wildman–Crippen LogP) is 2.23. The van der Waals surface area contributed by atoms with Crippen molar-refractivity contribution in [2.24, 2.45) is 0 Å². The van der Waals surface area contributed by atoms with E-state index in [-0.39, 0.29) is 0 Å². The molecule has 0 radical (unpaired) electrons. The standard InChI is InChI=1S/C14H16N2O3/c17-14(18)16-7-5-15(6-8-16)10-12-9-11-3-1-2-4-13(11)19-12/h1-4,9H,5-8,10H2,(H,17,18). The first-order valence-electron chi connectivity index (χ1n) is 6.40. The van der Waals surface area contributed by atoms with E-state index < -0.39 is 6.09 Å². The van der Waals surface area contributed by atoms with Gasteiger partial charge in [0.25, 0.3) is 0 Å². The molecule has 1 aliphatic rings. The quantitative estimate of drug-likeness (QED) is 0.899. The highest BCUT2D eigenvalue weighted by Gasteiger charge is 2.21. The van der Waals surface area contributed by atoms with E-state index in [0.717, 1.165) is 36.4 Å². The third kappa shape index (κ3) is 2.56. The summed E-state index contributed by atoms with van der Waals surface area (Å²) in [6.45, 7) is 3.37. The van der Waals surface area contributed by atoms with E-state index in [4.69, 9.17) is 9.52 Å². The van der Waals surface area contributed by atoms with Crippen molar-refractivity contribution in [3.8, 4) is 0 Å². The molecule has 19 heavy (non-hydrogen) atoms. The van der Waals surface area contributed by atoms with Crippen molar-refractivity contribution in [3.63, 3.8) is 0 Å². The molecule has 3 rings (SSSR count). The van der Waals surface area contributed by atoms with E-state index in [1.165, 1.54) is 4.90 Å². The Balaban J connectivity index is 1.64. The number of fused-ring (bicyclic) bond motifs is 1. The number of benzene rings is 1. The molecule has 1 N–H and O–H groups in total. The highest BCUT2D eigenvalue weighted by molar-refractivity contribution is 5.77. The van der Waals surface area contributed by atoms with E-state index in [1.54, 1.807) is 0 Å². The van der Waals surface area contributed by atoms with Crippen molar-refractivity contribution in [1.82, 2.24) is 9.80 Å². The summed E-state index contributed by atoms with van der Waals surface area (Å²) in [7, 11) is 0. The number of hydrogen-bond acceptors (Lipinski definition) is 3. The fourth-order valence-corrected chi connectivity index (χ4v) is 2.43. The van der Waals surface area contributed by atoms with Gasteiger partial charge >= 0.3 is 6.09 Å². The van der Waals surface area contributed by atoms with E-state index in [9.17, 15) is 4.79 Å². The van der Waals surface area contributed by atoms with Crippen molar-refractivity contribution in [1.29, 1.82) is 0 Å². The largest absolute Gasteiger partial charge is 0.465 e. The van der Waals surface area contributed by atoms with Crippen molar-refractivity contribution in [2.45, 2.75) is 6.54 Å². The topological polar surface area (TPSA) is 56.9 Å². The summed E-state index contributed by atoms with van der Waals surface area (Å²) in [5.74, 6) is 0.935. The highest BCUT2D eigenvalue weighted by atomic mass is 16.4. The average Bonchev–Trinajstić information content (AvgIpc) is 2.81. The van der Waals surface area contributed by atoms with Crippen molar-refractivity contribution in [2.75, 3.05) is 26.2 Å². The molecule has 100 valence electrons. The Kier molecular flexibility index (Phi) is 3.13. The van der Waals surface area contributed by atoms with Crippen LogP contribution in [0.25, 0.3) is 11.0 Å². The number of para-hydroxylation sites is 1. The minimum absolute atomic E-state index is 0.565. The van der Waals surface area contributed by atoms with Gasteiger partial charge in [0.1, 0.15) is 11.3 Å². The second-order valence-corrected chi connectivity index (χ2v) is 4.80. The maximum atomic E-state index is 10.8. The Morgan fingerprint density at radius 1 is 1.21 bits per heavy atom. The van der Waals surface area contributed by atoms with Crippen LogP contribution in [0, 0.1) is 0 Å². The number of rotatable bonds is 2. The molecular weight excluding hydrogens is 244 g/mol. The van der Waals surface area contributed by atoms with Gasteiger partial charge in [-0.25, -0.2) is 4.79 Å². The van der Waals surface area contributed by atoms with Crippen LogP contribution in [-0.2, 0) is 6.54 Å². The van der Waals surface area contributed by atoms with Crippen LogP contribution in [0.15, 0.2) is 34.7 Å². The van der Waals surface area contributed by atoms with Gasteiger partial charge in [0.15, 0.2) is 0 Å². The molecule has 0 atom stereocenters. The molecule has 0 bridgehead atoms. The van der Waals surface area contributed by atoms with Gasteiger partial charge in [0.05, 0.1) is 6.54 Å². The minimum atomic E-state index is -0.830. The van der Waals surface area contributed by atoms with Crippen LogP contribution in [-0.4, -0.2) is 47.2 Å². The number of amides is 1. The Labute approximate surface area is 111 Å². The molecule has 1 aromatic carbocycles. The van der Waals surface area contributed by atoms with Gasteiger partial charge in [-0.05, 0) is 12.1 Å². The van der Waals surface area contributed by atoms with E-state index in [1.807, 2.05) is 24.3 Å². The molecule has 1 fully saturated rings. The fourth-order valence-electron chi connectivity index (χ4n) is 2.43. The zero-order valence-electron chi connectivity index (χ0n) is 10.6. The van der Waals surface area contributed by atoms with Gasteiger partial charge in [-0.3, -0.25) is 4.90 Å². The summed E-state index contributed by atoms with van der Waals surface area (Å²) in [4.78, 5) is 14.5. The molecule has 0 spiro atoms. The smallest absolute Gasteiger partial charge is 0.407 e. The lowest BCUT2D eigenvalue weighted by atomic mass is 10.2. The normalized spacial score (nSPS) is 16.9. The molecule has 0 saturated carbocycles. The number of hydrogen-bond donors (Lipinski definition) is 1. The molecule has 2 aromatic rings. The molecule has 0 aliphatic carbocycles. The van der Waals surface area contributed by atoms with Gasteiger partial charge in [0.2, 0.25) is 0 Å². The second kappa shape index (κ2) is 4.93. The summed E-state index contributed by atoms with van der Waals surface area (Å²) in [6.07, 6.45) is -0.830. The summed E-state index contributed by atoms with van der Waals surface area (Å²) in [5, 5.41) is 10.0. The number of carbonyl (C=O) groups is 1. The van der Waals surface area contributed by atoms with Crippen molar-refractivity contribution >= 4 is 17.1 Å². The summed E-state index contributed by atoms with van der Waals surface area (Å²) >= 11 is 0. The monoisotopic (exact) mass is 260 g/mol. The molecule has 0 unspecified atom stereocenters. The van der Waals surface area contributed by atoms with Gasteiger partial charge < -0.3 is 14.4 Å². The Morgan fingerprint density at radius 3 is 2.63 bits per heavy atom. The van der Waals surface area contributed by atoms with Gasteiger partial charge in [-0.2, -0.15) is 0 Å². The lowest BCUT2D eigenvalue weighted by Gasteiger charge is -2.32. The lowest BCUT2D eigenvalue weighted by Crippen LogP contribution is -2.47. The fraction of sp³-hybridized carbons (Fsp3) is 0.357. The summed E-state index contributed by atoms with van der Waals surface area (Å²) in [5.41, 5.74) is 0.904. The minimum Gasteiger partial charge on any atom is -0.465 e. The predicted molar refractivity (Wildman–Crippen MR) is 71.1 cm³/mol. The van der Waals surface area contributed by atoms with Crippen molar-refractivity contribution < 1.29 is 14.3 Å². The maximum absolute atomic E-state index is 10.8. The molecular formula is C14H16N2O3.